The van der Waals surface area contributed by atoms with Gasteiger partial charge in [-0.2, -0.15) is 0 Å². The lowest BCUT2D eigenvalue weighted by Crippen LogP contribution is -2.26. The molecule has 1 nitrogen and oxygen atoms in total. The molecule has 2 aliphatic rings. The Morgan fingerprint density at radius 1 is 0.645 bits per heavy atom. The monoisotopic (exact) mass is 426 g/mol. The molecule has 0 heterocycles. The highest BCUT2D eigenvalue weighted by atomic mass is 16.5. The van der Waals surface area contributed by atoms with Gasteiger partial charge in [0.25, 0.3) is 0 Å². The van der Waals surface area contributed by atoms with Gasteiger partial charge in [0.1, 0.15) is 5.75 Å². The minimum Gasteiger partial charge on any atom is -0.494 e. The van der Waals surface area contributed by atoms with E-state index in [0.717, 1.165) is 36.0 Å². The molecule has 0 atom stereocenters. The van der Waals surface area contributed by atoms with Crippen LogP contribution in [0.1, 0.15) is 122 Å². The molecular weight excluding hydrogens is 376 g/mol. The average Bonchev–Trinajstić information content (AvgIpc) is 2.82. The summed E-state index contributed by atoms with van der Waals surface area (Å²) in [4.78, 5) is 0. The highest BCUT2D eigenvalue weighted by molar-refractivity contribution is 5.27. The van der Waals surface area contributed by atoms with Crippen LogP contribution in [0.25, 0.3) is 0 Å². The topological polar surface area (TPSA) is 9.23 Å². The van der Waals surface area contributed by atoms with Crippen LogP contribution < -0.4 is 4.74 Å². The van der Waals surface area contributed by atoms with Crippen LogP contribution >= 0.6 is 0 Å². The van der Waals surface area contributed by atoms with E-state index in [4.69, 9.17) is 4.74 Å². The van der Waals surface area contributed by atoms with E-state index >= 15 is 0 Å². The molecule has 0 saturated heterocycles. The summed E-state index contributed by atoms with van der Waals surface area (Å²) in [6.07, 6.45) is 24.1. The van der Waals surface area contributed by atoms with Crippen molar-refractivity contribution < 1.29 is 4.74 Å². The van der Waals surface area contributed by atoms with Crippen molar-refractivity contribution in [1.29, 1.82) is 0 Å². The zero-order valence-corrected chi connectivity index (χ0v) is 20.8. The lowest BCUT2D eigenvalue weighted by molar-refractivity contribution is 0.141. The molecule has 0 unspecified atom stereocenters. The Bertz CT molecular complexity index is 561. The Labute approximate surface area is 193 Å². The zero-order valence-electron chi connectivity index (χ0n) is 20.8. The molecule has 0 spiro atoms. The summed E-state index contributed by atoms with van der Waals surface area (Å²) in [5, 5.41) is 0. The van der Waals surface area contributed by atoms with Gasteiger partial charge in [0.2, 0.25) is 0 Å². The van der Waals surface area contributed by atoms with Crippen molar-refractivity contribution in [3.63, 3.8) is 0 Å². The fraction of sp³-hybridized carbons (Fsp3) is 0.800. The fourth-order valence-corrected chi connectivity index (χ4v) is 6.32. The molecular formula is C30H50O. The molecule has 2 fully saturated rings. The van der Waals surface area contributed by atoms with Crippen molar-refractivity contribution in [2.24, 2.45) is 23.7 Å². The molecule has 0 aliphatic heterocycles. The molecule has 31 heavy (non-hydrogen) atoms. The number of rotatable bonds is 13. The lowest BCUT2D eigenvalue weighted by atomic mass is 9.68. The van der Waals surface area contributed by atoms with Gasteiger partial charge in [-0.1, -0.05) is 90.2 Å². The summed E-state index contributed by atoms with van der Waals surface area (Å²) in [7, 11) is 0. The molecule has 2 saturated carbocycles. The van der Waals surface area contributed by atoms with Gasteiger partial charge in [-0.05, 0) is 86.3 Å². The second kappa shape index (κ2) is 14.2. The van der Waals surface area contributed by atoms with Crippen LogP contribution in [0.5, 0.6) is 5.75 Å². The molecule has 0 radical (unpaired) electrons. The number of benzene rings is 1. The third-order valence-corrected chi connectivity index (χ3v) is 8.43. The molecule has 0 bridgehead atoms. The van der Waals surface area contributed by atoms with Gasteiger partial charge in [0, 0.05) is 0 Å². The van der Waals surface area contributed by atoms with Crippen LogP contribution in [0, 0.1) is 23.7 Å². The van der Waals surface area contributed by atoms with Crippen molar-refractivity contribution in [3.05, 3.63) is 29.8 Å². The maximum atomic E-state index is 5.93. The van der Waals surface area contributed by atoms with Crippen molar-refractivity contribution in [2.75, 3.05) is 6.61 Å². The third kappa shape index (κ3) is 8.82. The predicted molar refractivity (Wildman–Crippen MR) is 135 cm³/mol. The standard InChI is InChI=1S/C30H50O/c1-3-5-6-7-8-24-31-30-22-16-27(17-23-30)11-10-26-14-20-29(21-15-26)28-18-12-25(9-4-2)13-19-28/h16-17,22-23,25-26,28-29H,3-15,18-21,24H2,1-2H3. The van der Waals surface area contributed by atoms with E-state index in [1.165, 1.54) is 115 Å². The number of ether oxygens (including phenoxy) is 1. The highest BCUT2D eigenvalue weighted by Crippen LogP contribution is 2.42. The number of aryl methyl sites for hydroxylation is 1. The number of hydrogen-bond acceptors (Lipinski definition) is 1. The Kier molecular flexibility index (Phi) is 11.3. The van der Waals surface area contributed by atoms with Crippen LogP contribution in [0.2, 0.25) is 0 Å². The van der Waals surface area contributed by atoms with E-state index in [2.05, 4.69) is 38.1 Å². The summed E-state index contributed by atoms with van der Waals surface area (Å²) in [5.74, 6) is 5.19. The average molecular weight is 427 g/mol. The molecule has 0 aromatic heterocycles. The molecule has 1 aromatic rings. The van der Waals surface area contributed by atoms with E-state index in [1.807, 2.05) is 0 Å². The second-order valence-corrected chi connectivity index (χ2v) is 10.8. The summed E-state index contributed by atoms with van der Waals surface area (Å²) < 4.78 is 5.93. The summed E-state index contributed by atoms with van der Waals surface area (Å²) in [5.41, 5.74) is 1.49. The van der Waals surface area contributed by atoms with Crippen LogP contribution in [-0.2, 0) is 6.42 Å². The Hall–Kier alpha value is -0.980. The predicted octanol–water partition coefficient (Wildman–Crippen LogP) is 9.38. The van der Waals surface area contributed by atoms with Crippen molar-refractivity contribution in [3.8, 4) is 5.75 Å². The number of hydrogen-bond donors (Lipinski definition) is 0. The Balaban J connectivity index is 1.27. The van der Waals surface area contributed by atoms with Gasteiger partial charge in [-0.25, -0.2) is 0 Å². The molecule has 0 amide bonds. The first kappa shape index (κ1) is 24.7. The van der Waals surface area contributed by atoms with Crippen LogP contribution in [0.15, 0.2) is 24.3 Å². The first-order valence-electron chi connectivity index (χ1n) is 14.0. The largest absolute Gasteiger partial charge is 0.494 e. The number of unbranched alkanes of at least 4 members (excludes halogenated alkanes) is 4. The van der Waals surface area contributed by atoms with Gasteiger partial charge >= 0.3 is 0 Å². The van der Waals surface area contributed by atoms with Crippen molar-refractivity contribution in [1.82, 2.24) is 0 Å². The zero-order chi connectivity index (χ0) is 21.7. The van der Waals surface area contributed by atoms with E-state index < -0.39 is 0 Å². The van der Waals surface area contributed by atoms with Crippen LogP contribution in [-0.4, -0.2) is 6.61 Å². The van der Waals surface area contributed by atoms with E-state index in [9.17, 15) is 0 Å². The molecule has 3 rings (SSSR count). The quantitative estimate of drug-likeness (QED) is 0.285. The minimum absolute atomic E-state index is 0.868. The molecule has 1 heteroatoms. The van der Waals surface area contributed by atoms with Gasteiger partial charge in [-0.15, -0.1) is 0 Å². The minimum atomic E-state index is 0.868. The van der Waals surface area contributed by atoms with Gasteiger partial charge in [0.15, 0.2) is 0 Å². The second-order valence-electron chi connectivity index (χ2n) is 10.8. The maximum Gasteiger partial charge on any atom is 0.119 e. The van der Waals surface area contributed by atoms with Gasteiger partial charge in [-0.3, -0.25) is 0 Å². The van der Waals surface area contributed by atoms with Crippen LogP contribution in [0.3, 0.4) is 0 Å². The lowest BCUT2D eigenvalue weighted by Gasteiger charge is -2.38. The summed E-state index contributed by atoms with van der Waals surface area (Å²) in [6.45, 7) is 5.49. The van der Waals surface area contributed by atoms with Crippen molar-refractivity contribution in [2.45, 2.75) is 123 Å². The molecule has 1 aromatic carbocycles. The molecule has 2 aliphatic carbocycles. The van der Waals surface area contributed by atoms with Gasteiger partial charge in [0.05, 0.1) is 6.61 Å². The third-order valence-electron chi connectivity index (χ3n) is 8.43. The smallest absolute Gasteiger partial charge is 0.119 e. The molecule has 0 N–H and O–H groups in total. The first-order chi connectivity index (χ1) is 15.3. The van der Waals surface area contributed by atoms with E-state index in [0.29, 0.717) is 0 Å². The summed E-state index contributed by atoms with van der Waals surface area (Å²) >= 11 is 0. The highest BCUT2D eigenvalue weighted by Gasteiger charge is 2.30. The SMILES string of the molecule is CCCCCCCOc1ccc(CCC2CCC(C3CCC(CCC)CC3)CC2)cc1. The first-order valence-corrected chi connectivity index (χ1v) is 14.0. The fourth-order valence-electron chi connectivity index (χ4n) is 6.32. The Morgan fingerprint density at radius 2 is 1.23 bits per heavy atom. The maximum absolute atomic E-state index is 5.93. The summed E-state index contributed by atoms with van der Waals surface area (Å²) in [6, 6.07) is 8.97. The molecule has 176 valence electrons. The van der Waals surface area contributed by atoms with Crippen LogP contribution in [0.4, 0.5) is 0 Å². The normalized spacial score (nSPS) is 26.6. The Morgan fingerprint density at radius 3 is 1.81 bits per heavy atom. The van der Waals surface area contributed by atoms with Gasteiger partial charge < -0.3 is 4.74 Å². The van der Waals surface area contributed by atoms with E-state index in [1.54, 1.807) is 0 Å². The van der Waals surface area contributed by atoms with Crippen molar-refractivity contribution >= 4 is 0 Å². The van der Waals surface area contributed by atoms with E-state index in [-0.39, 0.29) is 0 Å².